The van der Waals surface area contributed by atoms with Crippen LogP contribution in [0.2, 0.25) is 0 Å². The van der Waals surface area contributed by atoms with E-state index in [9.17, 15) is 0 Å². The zero-order valence-corrected chi connectivity index (χ0v) is 18.2. The number of nitrogens with one attached hydrogen (secondary N) is 2. The highest BCUT2D eigenvalue weighted by molar-refractivity contribution is 5.90. The molecule has 0 saturated carbocycles. The molecule has 0 fully saturated rings. The van der Waals surface area contributed by atoms with Crippen LogP contribution in [0.4, 0.5) is 5.69 Å². The number of tetrazole rings is 1. The second-order valence-electron chi connectivity index (χ2n) is 7.91. The lowest BCUT2D eigenvalue weighted by Crippen LogP contribution is -2.03. The third-order valence-corrected chi connectivity index (χ3v) is 5.72. The minimum Gasteiger partial charge on any atom is -0.379 e. The third kappa shape index (κ3) is 3.69. The van der Waals surface area contributed by atoms with Crippen LogP contribution in [0.15, 0.2) is 60.8 Å². The maximum Gasteiger partial charge on any atom is 0.205 e. The SMILES string of the molecule is Cc1cc(NCc2ccc(-c3ccccc3-c3nn[nH]n3)cc2)c2ncc(C)c(C)c2n1. The summed E-state index contributed by atoms with van der Waals surface area (Å²) in [6, 6.07) is 18.6. The van der Waals surface area contributed by atoms with E-state index in [1.807, 2.05) is 31.3 Å². The molecule has 158 valence electrons. The molecule has 0 aliphatic rings. The van der Waals surface area contributed by atoms with Crippen LogP contribution in [0.3, 0.4) is 0 Å². The predicted octanol–water partition coefficient (Wildman–Crippen LogP) is 5.01. The third-order valence-electron chi connectivity index (χ3n) is 5.72. The van der Waals surface area contributed by atoms with Crippen LogP contribution >= 0.6 is 0 Å². The van der Waals surface area contributed by atoms with Gasteiger partial charge in [0.15, 0.2) is 0 Å². The molecule has 0 unspecified atom stereocenters. The standard InChI is InChI=1S/C25H23N7/c1-15-13-27-24-22(12-16(2)28-23(24)17(15)3)26-14-18-8-10-19(11-9-18)20-6-4-5-7-21(20)25-29-31-32-30-25/h4-13H,14H2,1-3H3,(H,26,28)(H,29,30,31,32). The first-order valence-electron chi connectivity index (χ1n) is 10.5. The van der Waals surface area contributed by atoms with Gasteiger partial charge in [-0.2, -0.15) is 5.21 Å². The Bertz CT molecular complexity index is 1390. The van der Waals surface area contributed by atoms with Crippen molar-refractivity contribution in [3.63, 3.8) is 0 Å². The molecule has 0 saturated heterocycles. The molecule has 5 aromatic rings. The van der Waals surface area contributed by atoms with Gasteiger partial charge in [0.2, 0.25) is 5.82 Å². The molecule has 7 nitrogen and oxygen atoms in total. The largest absolute Gasteiger partial charge is 0.379 e. The van der Waals surface area contributed by atoms with Gasteiger partial charge < -0.3 is 5.32 Å². The number of anilines is 1. The van der Waals surface area contributed by atoms with Crippen LogP contribution in [0.25, 0.3) is 33.5 Å². The number of aromatic amines is 1. The summed E-state index contributed by atoms with van der Waals surface area (Å²) in [5.74, 6) is 0.587. The van der Waals surface area contributed by atoms with Gasteiger partial charge >= 0.3 is 0 Å². The first-order chi connectivity index (χ1) is 15.6. The van der Waals surface area contributed by atoms with Crippen LogP contribution < -0.4 is 5.32 Å². The minimum atomic E-state index is 0.587. The van der Waals surface area contributed by atoms with Crippen molar-refractivity contribution in [2.24, 2.45) is 0 Å². The molecule has 0 radical (unpaired) electrons. The summed E-state index contributed by atoms with van der Waals surface area (Å²) in [5.41, 5.74) is 10.5. The second kappa shape index (κ2) is 8.19. The zero-order valence-electron chi connectivity index (χ0n) is 18.2. The van der Waals surface area contributed by atoms with E-state index in [0.29, 0.717) is 12.4 Å². The van der Waals surface area contributed by atoms with Crippen molar-refractivity contribution >= 4 is 16.7 Å². The lowest BCUT2D eigenvalue weighted by atomic mass is 9.98. The Morgan fingerprint density at radius 2 is 1.69 bits per heavy atom. The van der Waals surface area contributed by atoms with Crippen LogP contribution in [0, 0.1) is 20.8 Å². The van der Waals surface area contributed by atoms with E-state index in [4.69, 9.17) is 4.98 Å². The van der Waals surface area contributed by atoms with E-state index in [-0.39, 0.29) is 0 Å². The predicted molar refractivity (Wildman–Crippen MR) is 126 cm³/mol. The number of rotatable bonds is 5. The molecule has 0 spiro atoms. The highest BCUT2D eigenvalue weighted by Gasteiger charge is 2.12. The van der Waals surface area contributed by atoms with Gasteiger partial charge in [0.25, 0.3) is 0 Å². The molecule has 3 heterocycles. The molecule has 0 bridgehead atoms. The molecule has 32 heavy (non-hydrogen) atoms. The number of hydrogen-bond acceptors (Lipinski definition) is 6. The summed E-state index contributed by atoms with van der Waals surface area (Å²) in [7, 11) is 0. The lowest BCUT2D eigenvalue weighted by Gasteiger charge is -2.13. The zero-order chi connectivity index (χ0) is 22.1. The number of pyridine rings is 2. The summed E-state index contributed by atoms with van der Waals surface area (Å²) in [6.07, 6.45) is 1.91. The number of aromatic nitrogens is 6. The molecule has 2 aromatic carbocycles. The summed E-state index contributed by atoms with van der Waals surface area (Å²) < 4.78 is 0. The van der Waals surface area contributed by atoms with Crippen molar-refractivity contribution in [1.29, 1.82) is 0 Å². The molecule has 0 aliphatic carbocycles. The van der Waals surface area contributed by atoms with E-state index in [1.54, 1.807) is 0 Å². The van der Waals surface area contributed by atoms with Gasteiger partial charge in [-0.3, -0.25) is 9.97 Å². The number of aryl methyl sites for hydroxylation is 3. The average Bonchev–Trinajstić information content (AvgIpc) is 3.35. The first kappa shape index (κ1) is 19.8. The van der Waals surface area contributed by atoms with Crippen molar-refractivity contribution in [2.45, 2.75) is 27.3 Å². The Morgan fingerprint density at radius 3 is 2.44 bits per heavy atom. The van der Waals surface area contributed by atoms with E-state index in [2.05, 4.69) is 81.2 Å². The van der Waals surface area contributed by atoms with E-state index in [0.717, 1.165) is 44.7 Å². The van der Waals surface area contributed by atoms with Gasteiger partial charge in [-0.05, 0) is 59.9 Å². The topological polar surface area (TPSA) is 92.3 Å². The average molecular weight is 422 g/mol. The van der Waals surface area contributed by atoms with Crippen molar-refractivity contribution in [3.8, 4) is 22.5 Å². The molecule has 7 heteroatoms. The van der Waals surface area contributed by atoms with Crippen LogP contribution in [0.1, 0.15) is 22.4 Å². The van der Waals surface area contributed by atoms with Crippen LogP contribution in [-0.2, 0) is 6.54 Å². The normalized spacial score (nSPS) is 11.1. The first-order valence-corrected chi connectivity index (χ1v) is 10.5. The fourth-order valence-corrected chi connectivity index (χ4v) is 3.84. The van der Waals surface area contributed by atoms with Crippen molar-refractivity contribution in [2.75, 3.05) is 5.32 Å². The molecular weight excluding hydrogens is 398 g/mol. The lowest BCUT2D eigenvalue weighted by molar-refractivity contribution is 0.881. The molecule has 5 rings (SSSR count). The molecule has 0 aliphatic heterocycles. The Morgan fingerprint density at radius 1 is 0.906 bits per heavy atom. The number of fused-ring (bicyclic) bond motifs is 1. The van der Waals surface area contributed by atoms with Crippen LogP contribution in [0.5, 0.6) is 0 Å². The highest BCUT2D eigenvalue weighted by atomic mass is 15.5. The Hall–Kier alpha value is -4.13. The summed E-state index contributed by atoms with van der Waals surface area (Å²) in [5, 5.41) is 18.0. The number of H-pyrrole nitrogens is 1. The summed E-state index contributed by atoms with van der Waals surface area (Å²) in [6.45, 7) is 6.88. The fourth-order valence-electron chi connectivity index (χ4n) is 3.84. The van der Waals surface area contributed by atoms with Gasteiger partial charge in [-0.1, -0.05) is 48.5 Å². The summed E-state index contributed by atoms with van der Waals surface area (Å²) in [4.78, 5) is 9.35. The summed E-state index contributed by atoms with van der Waals surface area (Å²) >= 11 is 0. The molecule has 2 N–H and O–H groups in total. The maximum atomic E-state index is 4.71. The van der Waals surface area contributed by atoms with Crippen molar-refractivity contribution in [1.82, 2.24) is 30.6 Å². The van der Waals surface area contributed by atoms with Gasteiger partial charge in [0.05, 0.1) is 11.2 Å². The van der Waals surface area contributed by atoms with Gasteiger partial charge in [-0.25, -0.2) is 0 Å². The maximum absolute atomic E-state index is 4.71. The van der Waals surface area contributed by atoms with Crippen LogP contribution in [-0.4, -0.2) is 30.6 Å². The van der Waals surface area contributed by atoms with Crippen molar-refractivity contribution in [3.05, 3.63) is 83.2 Å². The molecular formula is C25H23N7. The second-order valence-corrected chi connectivity index (χ2v) is 7.91. The smallest absolute Gasteiger partial charge is 0.205 e. The number of nitrogens with zero attached hydrogens (tertiary/aromatic N) is 5. The highest BCUT2D eigenvalue weighted by Crippen LogP contribution is 2.30. The van der Waals surface area contributed by atoms with Gasteiger partial charge in [-0.15, -0.1) is 10.2 Å². The van der Waals surface area contributed by atoms with Gasteiger partial charge in [0, 0.05) is 24.0 Å². The Kier molecular flexibility index (Phi) is 5.07. The molecule has 3 aromatic heterocycles. The Labute approximate surface area is 186 Å². The van der Waals surface area contributed by atoms with E-state index < -0.39 is 0 Å². The van der Waals surface area contributed by atoms with E-state index >= 15 is 0 Å². The molecule has 0 atom stereocenters. The minimum absolute atomic E-state index is 0.587. The Balaban J connectivity index is 1.40. The quantitative estimate of drug-likeness (QED) is 0.414. The molecule has 0 amide bonds. The monoisotopic (exact) mass is 421 g/mol. The fraction of sp³-hybridized carbons (Fsp3) is 0.160. The van der Waals surface area contributed by atoms with E-state index in [1.165, 1.54) is 11.1 Å². The van der Waals surface area contributed by atoms with Gasteiger partial charge in [0.1, 0.15) is 5.52 Å². The van der Waals surface area contributed by atoms with Crippen molar-refractivity contribution < 1.29 is 0 Å². The number of hydrogen-bond donors (Lipinski definition) is 2. The number of benzene rings is 2.